The van der Waals surface area contributed by atoms with E-state index in [0.717, 1.165) is 75.7 Å². The molecule has 1 amide bonds. The molecule has 1 aromatic heterocycles. The van der Waals surface area contributed by atoms with Crippen LogP contribution in [0.1, 0.15) is 36.4 Å². The van der Waals surface area contributed by atoms with Crippen molar-refractivity contribution in [2.24, 2.45) is 5.41 Å². The number of amides is 1. The van der Waals surface area contributed by atoms with E-state index in [-0.39, 0.29) is 11.5 Å². The second kappa shape index (κ2) is 6.15. The van der Waals surface area contributed by atoms with Crippen LogP contribution in [-0.2, 0) is 16.1 Å². The summed E-state index contributed by atoms with van der Waals surface area (Å²) in [6.07, 6.45) is 4.25. The fraction of sp³-hybridized carbons (Fsp3) is 0.765. The first-order valence-corrected chi connectivity index (χ1v) is 9.60. The number of ether oxygens (including phenoxy) is 1. The van der Waals surface area contributed by atoms with Gasteiger partial charge < -0.3 is 9.64 Å². The van der Waals surface area contributed by atoms with Gasteiger partial charge in [0.05, 0.1) is 22.2 Å². The molecule has 23 heavy (non-hydrogen) atoms. The number of fused-ring (bicyclic) bond motifs is 1. The van der Waals surface area contributed by atoms with Crippen LogP contribution in [0.5, 0.6) is 0 Å². The van der Waals surface area contributed by atoms with Gasteiger partial charge in [-0.15, -0.1) is 11.3 Å². The summed E-state index contributed by atoms with van der Waals surface area (Å²) in [5.41, 5.74) is 0.821. The summed E-state index contributed by atoms with van der Waals surface area (Å²) in [5, 5.41) is 3.25. The summed E-state index contributed by atoms with van der Waals surface area (Å²) < 4.78 is 5.96. The Labute approximate surface area is 141 Å². The number of hydrogen-bond donors (Lipinski definition) is 0. The predicted molar refractivity (Wildman–Crippen MR) is 89.3 cm³/mol. The number of carbonyl (C=O) groups excluding carboxylic acids is 1. The van der Waals surface area contributed by atoms with Crippen LogP contribution in [0.3, 0.4) is 0 Å². The molecule has 126 valence electrons. The van der Waals surface area contributed by atoms with Crippen LogP contribution in [-0.4, -0.2) is 59.6 Å². The van der Waals surface area contributed by atoms with Crippen molar-refractivity contribution in [2.45, 2.75) is 45.3 Å². The molecule has 4 rings (SSSR count). The third-order valence-corrected chi connectivity index (χ3v) is 6.39. The smallest absolute Gasteiger partial charge is 0.232 e. The van der Waals surface area contributed by atoms with Gasteiger partial charge in [-0.25, -0.2) is 4.98 Å². The molecule has 2 atom stereocenters. The largest absolute Gasteiger partial charge is 0.377 e. The molecule has 0 bridgehead atoms. The van der Waals surface area contributed by atoms with E-state index in [2.05, 4.69) is 20.2 Å². The lowest BCUT2D eigenvalue weighted by molar-refractivity contribution is -0.149. The molecule has 0 spiro atoms. The molecular weight excluding hydrogens is 310 g/mol. The van der Waals surface area contributed by atoms with Crippen molar-refractivity contribution in [3.8, 4) is 0 Å². The van der Waals surface area contributed by atoms with Crippen LogP contribution in [0, 0.1) is 12.3 Å². The van der Waals surface area contributed by atoms with Crippen LogP contribution >= 0.6 is 11.3 Å². The van der Waals surface area contributed by atoms with Crippen LogP contribution < -0.4 is 0 Å². The quantitative estimate of drug-likeness (QED) is 0.848. The highest BCUT2D eigenvalue weighted by Crippen LogP contribution is 2.43. The average molecular weight is 335 g/mol. The number of aryl methyl sites for hydroxylation is 1. The molecule has 4 heterocycles. The van der Waals surface area contributed by atoms with E-state index >= 15 is 0 Å². The van der Waals surface area contributed by atoms with Crippen LogP contribution in [0.15, 0.2) is 5.38 Å². The molecule has 1 aromatic rings. The van der Waals surface area contributed by atoms with Gasteiger partial charge in [0.1, 0.15) is 0 Å². The number of aromatic nitrogens is 1. The summed E-state index contributed by atoms with van der Waals surface area (Å²) in [6, 6.07) is 0. The van der Waals surface area contributed by atoms with Gasteiger partial charge in [0.2, 0.25) is 5.91 Å². The van der Waals surface area contributed by atoms with Crippen molar-refractivity contribution < 1.29 is 9.53 Å². The van der Waals surface area contributed by atoms with E-state index in [0.29, 0.717) is 5.91 Å². The molecule has 0 aromatic carbocycles. The van der Waals surface area contributed by atoms with Gasteiger partial charge in [-0.1, -0.05) is 0 Å². The highest BCUT2D eigenvalue weighted by atomic mass is 32.1. The molecule has 0 N–H and O–H groups in total. The summed E-state index contributed by atoms with van der Waals surface area (Å²) in [7, 11) is 0. The summed E-state index contributed by atoms with van der Waals surface area (Å²) >= 11 is 1.70. The van der Waals surface area contributed by atoms with Crippen LogP contribution in [0.2, 0.25) is 0 Å². The molecule has 0 aliphatic carbocycles. The molecule has 0 radical (unpaired) electrons. The Kier molecular flexibility index (Phi) is 4.15. The second-order valence-corrected chi connectivity index (χ2v) is 8.18. The molecule has 0 saturated carbocycles. The second-order valence-electron chi connectivity index (χ2n) is 7.12. The minimum atomic E-state index is -0.312. The summed E-state index contributed by atoms with van der Waals surface area (Å²) in [5.74, 6) is 0.344. The number of piperidine rings is 1. The van der Waals surface area contributed by atoms with E-state index in [4.69, 9.17) is 4.74 Å². The maximum absolute atomic E-state index is 13.2. The SMILES string of the molecule is Cc1nc(CN2CC[C@H]3OCC[C@@]3(C(=O)N3CCCC3)C2)cs1. The highest BCUT2D eigenvalue weighted by molar-refractivity contribution is 7.09. The lowest BCUT2D eigenvalue weighted by Crippen LogP contribution is -2.57. The standard InChI is InChI=1S/C17H25N3O2S/c1-13-18-14(11-23-13)10-19-8-4-15-17(12-19,5-9-22-15)16(21)20-6-2-3-7-20/h11,15H,2-10,12H2,1H3/t15-,17-/m1/s1. The monoisotopic (exact) mass is 335 g/mol. The van der Waals surface area contributed by atoms with Gasteiger partial charge in [0.25, 0.3) is 0 Å². The highest BCUT2D eigenvalue weighted by Gasteiger charge is 2.54. The Morgan fingerprint density at radius 1 is 1.43 bits per heavy atom. The van der Waals surface area contributed by atoms with E-state index in [1.165, 1.54) is 0 Å². The summed E-state index contributed by atoms with van der Waals surface area (Å²) in [6.45, 7) is 7.31. The molecular formula is C17H25N3O2S. The topological polar surface area (TPSA) is 45.7 Å². The number of rotatable bonds is 3. The summed E-state index contributed by atoms with van der Waals surface area (Å²) in [4.78, 5) is 22.3. The number of likely N-dealkylation sites (tertiary alicyclic amines) is 2. The van der Waals surface area contributed by atoms with Gasteiger partial charge in [0.15, 0.2) is 0 Å². The van der Waals surface area contributed by atoms with E-state index in [9.17, 15) is 4.79 Å². The zero-order valence-electron chi connectivity index (χ0n) is 13.8. The maximum atomic E-state index is 13.2. The first-order chi connectivity index (χ1) is 11.2. The minimum absolute atomic E-state index is 0.115. The maximum Gasteiger partial charge on any atom is 0.232 e. The number of carbonyl (C=O) groups is 1. The van der Waals surface area contributed by atoms with Gasteiger partial charge in [-0.3, -0.25) is 9.69 Å². The van der Waals surface area contributed by atoms with Crippen molar-refractivity contribution in [3.05, 3.63) is 16.1 Å². The lowest BCUT2D eigenvalue weighted by atomic mass is 9.75. The van der Waals surface area contributed by atoms with Crippen LogP contribution in [0.4, 0.5) is 0 Å². The fourth-order valence-corrected chi connectivity index (χ4v) is 5.02. The normalized spacial score (nSPS) is 31.5. The Bertz CT molecular complexity index is 584. The van der Waals surface area contributed by atoms with Gasteiger partial charge in [-0.2, -0.15) is 0 Å². The fourth-order valence-electron chi connectivity index (χ4n) is 4.41. The van der Waals surface area contributed by atoms with Crippen molar-refractivity contribution >= 4 is 17.2 Å². The first kappa shape index (κ1) is 15.5. The number of nitrogens with zero attached hydrogens (tertiary/aromatic N) is 3. The Morgan fingerprint density at radius 2 is 2.26 bits per heavy atom. The van der Waals surface area contributed by atoms with Gasteiger partial charge in [-0.05, 0) is 32.6 Å². The first-order valence-electron chi connectivity index (χ1n) is 8.72. The Hall–Kier alpha value is -0.980. The third kappa shape index (κ3) is 2.81. The van der Waals surface area contributed by atoms with Crippen LogP contribution in [0.25, 0.3) is 0 Å². The molecule has 0 unspecified atom stereocenters. The lowest BCUT2D eigenvalue weighted by Gasteiger charge is -2.44. The van der Waals surface area contributed by atoms with E-state index in [1.807, 2.05) is 6.92 Å². The molecule has 6 heteroatoms. The zero-order valence-corrected chi connectivity index (χ0v) is 14.6. The molecule has 3 aliphatic heterocycles. The Balaban J connectivity index is 1.52. The molecule has 3 aliphatic rings. The zero-order chi connectivity index (χ0) is 15.9. The van der Waals surface area contributed by atoms with Crippen molar-refractivity contribution in [2.75, 3.05) is 32.8 Å². The number of hydrogen-bond acceptors (Lipinski definition) is 5. The minimum Gasteiger partial charge on any atom is -0.377 e. The van der Waals surface area contributed by atoms with Gasteiger partial charge in [0, 0.05) is 44.7 Å². The third-order valence-electron chi connectivity index (χ3n) is 5.57. The van der Waals surface area contributed by atoms with Crippen molar-refractivity contribution in [3.63, 3.8) is 0 Å². The van der Waals surface area contributed by atoms with Crippen molar-refractivity contribution in [1.29, 1.82) is 0 Å². The van der Waals surface area contributed by atoms with E-state index in [1.54, 1.807) is 11.3 Å². The average Bonchev–Trinajstić information content (AvgIpc) is 3.27. The molecule has 5 nitrogen and oxygen atoms in total. The predicted octanol–water partition coefficient (Wildman–Crippen LogP) is 2.05. The Morgan fingerprint density at radius 3 is 3.00 bits per heavy atom. The molecule has 3 fully saturated rings. The van der Waals surface area contributed by atoms with E-state index < -0.39 is 0 Å². The number of thiazole rings is 1. The van der Waals surface area contributed by atoms with Crippen molar-refractivity contribution in [1.82, 2.24) is 14.8 Å². The van der Waals surface area contributed by atoms with Gasteiger partial charge >= 0.3 is 0 Å². The molecule has 3 saturated heterocycles.